The summed E-state index contributed by atoms with van der Waals surface area (Å²) in [5.41, 5.74) is 2.92. The number of hydrogen-bond donors (Lipinski definition) is 0. The van der Waals surface area contributed by atoms with E-state index >= 15 is 0 Å². The topological polar surface area (TPSA) is 42.5 Å². The molecule has 0 aliphatic rings. The number of benzene rings is 2. The first-order chi connectivity index (χ1) is 9.90. The van der Waals surface area contributed by atoms with Crippen LogP contribution in [0.15, 0.2) is 83.5 Å². The molecule has 0 aliphatic heterocycles. The number of azo groups is 1. The van der Waals surface area contributed by atoms with Gasteiger partial charge in [-0.25, -0.2) is 4.98 Å². The van der Waals surface area contributed by atoms with E-state index in [1.807, 2.05) is 59.6 Å². The molecule has 0 fully saturated rings. The molecule has 0 N–H and O–H groups in total. The van der Waals surface area contributed by atoms with Gasteiger partial charge in [-0.05, 0) is 29.8 Å². The Morgan fingerprint density at radius 2 is 1.55 bits per heavy atom. The maximum absolute atomic E-state index is 4.22. The highest BCUT2D eigenvalue weighted by Crippen LogP contribution is 2.18. The molecule has 0 spiro atoms. The zero-order valence-electron chi connectivity index (χ0n) is 10.9. The molecule has 1 aromatic heterocycles. The monoisotopic (exact) mass is 262 g/mol. The lowest BCUT2D eigenvalue weighted by Gasteiger charge is -2.02. The molecule has 3 rings (SSSR count). The summed E-state index contributed by atoms with van der Waals surface area (Å²) in [5, 5.41) is 8.41. The van der Waals surface area contributed by atoms with Gasteiger partial charge in [0.25, 0.3) is 0 Å². The molecular formula is C16H14N4. The molecule has 0 aliphatic carbocycles. The minimum atomic E-state index is 0.816. The lowest BCUT2D eigenvalue weighted by Crippen LogP contribution is -1.95. The fraction of sp³-hybridized carbons (Fsp3) is 0.0625. The normalized spacial score (nSPS) is 11.0. The first-order valence-electron chi connectivity index (χ1n) is 6.42. The highest BCUT2D eigenvalue weighted by Gasteiger charge is 1.95. The summed E-state index contributed by atoms with van der Waals surface area (Å²) in [5.74, 6) is 0. The molecule has 0 bridgehead atoms. The molecule has 4 heteroatoms. The molecule has 20 heavy (non-hydrogen) atoms. The number of nitrogens with zero attached hydrogens (tertiary/aromatic N) is 4. The van der Waals surface area contributed by atoms with Gasteiger partial charge in [0.2, 0.25) is 0 Å². The summed E-state index contributed by atoms with van der Waals surface area (Å²) in [6, 6.07) is 17.8. The summed E-state index contributed by atoms with van der Waals surface area (Å²) in [7, 11) is 0. The van der Waals surface area contributed by atoms with Crippen LogP contribution >= 0.6 is 0 Å². The predicted molar refractivity (Wildman–Crippen MR) is 78.4 cm³/mol. The standard InChI is InChI=1S/C16H14N4/c1-2-4-15(5-3-1)18-19-16-8-6-14(7-9-16)12-20-11-10-17-13-20/h1-11,13H,12H2. The summed E-state index contributed by atoms with van der Waals surface area (Å²) < 4.78 is 2.03. The van der Waals surface area contributed by atoms with Gasteiger partial charge in [-0.2, -0.15) is 10.2 Å². The summed E-state index contributed by atoms with van der Waals surface area (Å²) in [6.45, 7) is 0.816. The average molecular weight is 262 g/mol. The summed E-state index contributed by atoms with van der Waals surface area (Å²) in [6.07, 6.45) is 5.54. The molecule has 2 aromatic carbocycles. The van der Waals surface area contributed by atoms with Crippen LogP contribution in [0.2, 0.25) is 0 Å². The molecule has 4 nitrogen and oxygen atoms in total. The van der Waals surface area contributed by atoms with Gasteiger partial charge >= 0.3 is 0 Å². The van der Waals surface area contributed by atoms with E-state index in [0.717, 1.165) is 17.9 Å². The van der Waals surface area contributed by atoms with Gasteiger partial charge in [0.05, 0.1) is 17.7 Å². The Bertz CT molecular complexity index is 670. The van der Waals surface area contributed by atoms with Crippen molar-refractivity contribution in [2.24, 2.45) is 10.2 Å². The van der Waals surface area contributed by atoms with Gasteiger partial charge in [0.1, 0.15) is 0 Å². The third kappa shape index (κ3) is 3.17. The molecule has 0 saturated carbocycles. The quantitative estimate of drug-likeness (QED) is 0.644. The molecule has 98 valence electrons. The Labute approximate surface area is 117 Å². The predicted octanol–water partition coefficient (Wildman–Crippen LogP) is 4.35. The highest BCUT2D eigenvalue weighted by atomic mass is 15.1. The molecule has 0 saturated heterocycles. The molecular weight excluding hydrogens is 248 g/mol. The van der Waals surface area contributed by atoms with Crippen molar-refractivity contribution in [2.75, 3.05) is 0 Å². The van der Waals surface area contributed by atoms with Crippen LogP contribution < -0.4 is 0 Å². The van der Waals surface area contributed by atoms with Crippen molar-refractivity contribution in [1.29, 1.82) is 0 Å². The van der Waals surface area contributed by atoms with Crippen LogP contribution in [0.25, 0.3) is 0 Å². The van der Waals surface area contributed by atoms with E-state index in [4.69, 9.17) is 0 Å². The first-order valence-corrected chi connectivity index (χ1v) is 6.42. The van der Waals surface area contributed by atoms with Crippen molar-refractivity contribution in [2.45, 2.75) is 6.54 Å². The first kappa shape index (κ1) is 12.3. The molecule has 0 unspecified atom stereocenters. The SMILES string of the molecule is c1ccc(N=Nc2ccc(Cn3ccnc3)cc2)cc1. The summed E-state index contributed by atoms with van der Waals surface area (Å²) >= 11 is 0. The van der Waals surface area contributed by atoms with Crippen molar-refractivity contribution in [1.82, 2.24) is 9.55 Å². The molecule has 0 atom stereocenters. The van der Waals surface area contributed by atoms with E-state index in [1.54, 1.807) is 6.20 Å². The zero-order valence-corrected chi connectivity index (χ0v) is 10.9. The van der Waals surface area contributed by atoms with Gasteiger partial charge in [-0.1, -0.05) is 30.3 Å². The van der Waals surface area contributed by atoms with Crippen LogP contribution in [0.3, 0.4) is 0 Å². The minimum absolute atomic E-state index is 0.816. The van der Waals surface area contributed by atoms with Crippen molar-refractivity contribution in [3.05, 3.63) is 78.9 Å². The smallest absolute Gasteiger partial charge is 0.0949 e. The largest absolute Gasteiger partial charge is 0.333 e. The van der Waals surface area contributed by atoms with Crippen LogP contribution in [0.5, 0.6) is 0 Å². The summed E-state index contributed by atoms with van der Waals surface area (Å²) in [4.78, 5) is 4.03. The Kier molecular flexibility index (Phi) is 3.64. The number of aromatic nitrogens is 2. The van der Waals surface area contributed by atoms with Crippen LogP contribution in [0, 0.1) is 0 Å². The molecule has 0 radical (unpaired) electrons. The van der Waals surface area contributed by atoms with Gasteiger partial charge < -0.3 is 4.57 Å². The highest BCUT2D eigenvalue weighted by molar-refractivity contribution is 5.40. The number of hydrogen-bond acceptors (Lipinski definition) is 3. The second-order valence-electron chi connectivity index (χ2n) is 4.44. The van der Waals surface area contributed by atoms with Crippen molar-refractivity contribution >= 4 is 11.4 Å². The van der Waals surface area contributed by atoms with E-state index in [2.05, 4.69) is 27.3 Å². The van der Waals surface area contributed by atoms with Crippen LogP contribution in [0.1, 0.15) is 5.56 Å². The molecule has 0 amide bonds. The van der Waals surface area contributed by atoms with E-state index in [9.17, 15) is 0 Å². The lowest BCUT2D eigenvalue weighted by atomic mass is 10.2. The fourth-order valence-corrected chi connectivity index (χ4v) is 1.87. The van der Waals surface area contributed by atoms with Crippen LogP contribution in [0.4, 0.5) is 11.4 Å². The number of imidazole rings is 1. The van der Waals surface area contributed by atoms with Crippen LogP contribution in [-0.4, -0.2) is 9.55 Å². The van der Waals surface area contributed by atoms with E-state index in [1.165, 1.54) is 5.56 Å². The van der Waals surface area contributed by atoms with Gasteiger partial charge in [0, 0.05) is 18.9 Å². The Balaban J connectivity index is 1.68. The second kappa shape index (κ2) is 5.93. The van der Waals surface area contributed by atoms with E-state index in [0.29, 0.717) is 0 Å². The van der Waals surface area contributed by atoms with Gasteiger partial charge in [-0.3, -0.25) is 0 Å². The van der Waals surface area contributed by atoms with Crippen LogP contribution in [-0.2, 0) is 6.54 Å². The van der Waals surface area contributed by atoms with Crippen molar-refractivity contribution in [3.8, 4) is 0 Å². The lowest BCUT2D eigenvalue weighted by molar-refractivity contribution is 0.797. The van der Waals surface area contributed by atoms with Gasteiger partial charge in [0.15, 0.2) is 0 Å². The Morgan fingerprint density at radius 3 is 2.20 bits per heavy atom. The maximum atomic E-state index is 4.22. The third-order valence-corrected chi connectivity index (χ3v) is 2.90. The Morgan fingerprint density at radius 1 is 0.850 bits per heavy atom. The molecule has 3 aromatic rings. The number of rotatable bonds is 4. The van der Waals surface area contributed by atoms with Crippen molar-refractivity contribution in [3.63, 3.8) is 0 Å². The maximum Gasteiger partial charge on any atom is 0.0949 e. The average Bonchev–Trinajstić information content (AvgIpc) is 3.01. The van der Waals surface area contributed by atoms with Gasteiger partial charge in [-0.15, -0.1) is 0 Å². The van der Waals surface area contributed by atoms with E-state index < -0.39 is 0 Å². The molecule has 1 heterocycles. The fourth-order valence-electron chi connectivity index (χ4n) is 1.87. The second-order valence-corrected chi connectivity index (χ2v) is 4.44. The Hall–Kier alpha value is -2.75. The third-order valence-electron chi connectivity index (χ3n) is 2.90. The minimum Gasteiger partial charge on any atom is -0.333 e. The van der Waals surface area contributed by atoms with E-state index in [-0.39, 0.29) is 0 Å². The van der Waals surface area contributed by atoms with Crippen molar-refractivity contribution < 1.29 is 0 Å². The zero-order chi connectivity index (χ0) is 13.6.